The zero-order valence-corrected chi connectivity index (χ0v) is 18.0. The van der Waals surface area contributed by atoms with Crippen LogP contribution < -0.4 is 10.6 Å². The Morgan fingerprint density at radius 1 is 1.24 bits per heavy atom. The van der Waals surface area contributed by atoms with E-state index < -0.39 is 0 Å². The molecule has 1 saturated carbocycles. The number of hydrogen-bond donors (Lipinski definition) is 2. The topological polar surface area (TPSA) is 61.4 Å². The Morgan fingerprint density at radius 3 is 2.90 bits per heavy atom. The highest BCUT2D eigenvalue weighted by Gasteiger charge is 2.43. The van der Waals surface area contributed by atoms with Crippen molar-refractivity contribution < 1.29 is 9.59 Å². The minimum atomic E-state index is -0.0840. The molecular weight excluding hydrogens is 382 g/mol. The fourth-order valence-electron chi connectivity index (χ4n) is 5.03. The summed E-state index contributed by atoms with van der Waals surface area (Å²) in [7, 11) is 0. The molecule has 3 atom stereocenters. The van der Waals surface area contributed by atoms with E-state index in [-0.39, 0.29) is 29.7 Å². The van der Waals surface area contributed by atoms with Crippen LogP contribution >= 0.6 is 12.2 Å². The van der Waals surface area contributed by atoms with Crippen LogP contribution in [0, 0.1) is 11.8 Å². The fourth-order valence-corrected chi connectivity index (χ4v) is 5.36. The fraction of sp³-hybridized carbons (Fsp3) is 0.609. The Balaban J connectivity index is 1.35. The van der Waals surface area contributed by atoms with Gasteiger partial charge in [0.05, 0.1) is 5.92 Å². The second-order valence-corrected chi connectivity index (χ2v) is 9.08. The Bertz CT molecular complexity index is 809. The number of unbranched alkanes of at least 4 members (excludes halogenated alkanes) is 2. The summed E-state index contributed by atoms with van der Waals surface area (Å²) in [6.45, 7) is 2.85. The van der Waals surface area contributed by atoms with Crippen LogP contribution in [0.5, 0.6) is 0 Å². The van der Waals surface area contributed by atoms with Crippen LogP contribution in [0.1, 0.15) is 63.0 Å². The molecule has 0 bridgehead atoms. The van der Waals surface area contributed by atoms with Crippen molar-refractivity contribution in [3.63, 3.8) is 0 Å². The van der Waals surface area contributed by atoms with Crippen molar-refractivity contribution in [2.45, 2.75) is 70.8 Å². The third-order valence-electron chi connectivity index (χ3n) is 6.71. The Labute approximate surface area is 178 Å². The molecule has 1 aromatic carbocycles. The largest absolute Gasteiger partial charge is 0.359 e. The van der Waals surface area contributed by atoms with E-state index in [2.05, 4.69) is 29.7 Å². The minimum absolute atomic E-state index is 0.0260. The van der Waals surface area contributed by atoms with E-state index in [0.717, 1.165) is 50.6 Å². The number of carbonyl (C=O) groups is 2. The van der Waals surface area contributed by atoms with Gasteiger partial charge < -0.3 is 10.6 Å². The molecule has 156 valence electrons. The highest BCUT2D eigenvalue weighted by Crippen LogP contribution is 2.34. The summed E-state index contributed by atoms with van der Waals surface area (Å²) in [5.41, 5.74) is 3.66. The van der Waals surface area contributed by atoms with Crippen molar-refractivity contribution in [3.05, 3.63) is 29.3 Å². The Kier molecular flexibility index (Phi) is 6.18. The van der Waals surface area contributed by atoms with Gasteiger partial charge in [0.2, 0.25) is 11.8 Å². The number of amides is 2. The lowest BCUT2D eigenvalue weighted by molar-refractivity contribution is -0.137. The maximum absolute atomic E-state index is 12.9. The number of carbonyl (C=O) groups excluding carboxylic acids is 2. The number of fused-ring (bicyclic) bond motifs is 2. The van der Waals surface area contributed by atoms with E-state index in [0.29, 0.717) is 18.1 Å². The van der Waals surface area contributed by atoms with E-state index in [1.165, 1.54) is 17.5 Å². The summed E-state index contributed by atoms with van der Waals surface area (Å²) in [5, 5.41) is 7.01. The van der Waals surface area contributed by atoms with Crippen LogP contribution in [0.2, 0.25) is 0 Å². The van der Waals surface area contributed by atoms with Gasteiger partial charge >= 0.3 is 0 Å². The summed E-state index contributed by atoms with van der Waals surface area (Å²) in [6.07, 6.45) is 8.80. The van der Waals surface area contributed by atoms with Crippen molar-refractivity contribution in [1.29, 1.82) is 0 Å². The maximum Gasteiger partial charge on any atom is 0.233 e. The SMILES string of the molecule is CCCCCN1C(=O)C2CCC(C(=O)Nc3ccc4c(c3)CCC4)CC2NC1=S. The van der Waals surface area contributed by atoms with Gasteiger partial charge in [0, 0.05) is 24.2 Å². The first kappa shape index (κ1) is 20.3. The molecule has 29 heavy (non-hydrogen) atoms. The van der Waals surface area contributed by atoms with Crippen molar-refractivity contribution in [1.82, 2.24) is 10.2 Å². The van der Waals surface area contributed by atoms with Crippen molar-refractivity contribution in [3.8, 4) is 0 Å². The average molecular weight is 414 g/mol. The third-order valence-corrected chi connectivity index (χ3v) is 7.05. The van der Waals surface area contributed by atoms with Gasteiger partial charge in [-0.1, -0.05) is 25.8 Å². The summed E-state index contributed by atoms with van der Waals surface area (Å²) in [4.78, 5) is 27.6. The highest BCUT2D eigenvalue weighted by atomic mass is 32.1. The van der Waals surface area contributed by atoms with Crippen LogP contribution in [0.3, 0.4) is 0 Å². The molecular formula is C23H31N3O2S. The number of hydrogen-bond acceptors (Lipinski definition) is 3. The predicted octanol–water partition coefficient (Wildman–Crippen LogP) is 3.81. The molecule has 2 N–H and O–H groups in total. The summed E-state index contributed by atoms with van der Waals surface area (Å²) in [6, 6.07) is 6.25. The van der Waals surface area contributed by atoms with E-state index in [1.807, 2.05) is 6.07 Å². The lowest BCUT2D eigenvalue weighted by Crippen LogP contribution is -2.61. The zero-order valence-electron chi connectivity index (χ0n) is 17.2. The minimum Gasteiger partial charge on any atom is -0.359 e. The second-order valence-electron chi connectivity index (χ2n) is 8.70. The Morgan fingerprint density at radius 2 is 2.07 bits per heavy atom. The van der Waals surface area contributed by atoms with Crippen molar-refractivity contribution in [2.24, 2.45) is 11.8 Å². The number of aryl methyl sites for hydroxylation is 2. The smallest absolute Gasteiger partial charge is 0.233 e. The van der Waals surface area contributed by atoms with Crippen molar-refractivity contribution >= 4 is 34.8 Å². The van der Waals surface area contributed by atoms with Gasteiger partial charge in [-0.3, -0.25) is 14.5 Å². The molecule has 1 saturated heterocycles. The van der Waals surface area contributed by atoms with Gasteiger partial charge in [0.15, 0.2) is 5.11 Å². The standard InChI is InChI=1S/C23H31N3O2S/c1-2-3-4-12-26-22(28)19-11-9-17(14-20(19)25-23(26)29)21(27)24-18-10-8-15-6-5-7-16(15)13-18/h8,10,13,17,19-20H,2-7,9,11-12,14H2,1H3,(H,24,27)(H,25,29). The molecule has 3 unspecified atom stereocenters. The normalized spacial score (nSPS) is 26.0. The molecule has 3 aliphatic rings. The Hall–Kier alpha value is -1.95. The molecule has 0 radical (unpaired) electrons. The third kappa shape index (κ3) is 4.32. The number of anilines is 1. The first-order chi connectivity index (χ1) is 14.1. The molecule has 5 nitrogen and oxygen atoms in total. The van der Waals surface area contributed by atoms with E-state index in [4.69, 9.17) is 12.2 Å². The molecule has 4 rings (SSSR count). The second kappa shape index (κ2) is 8.82. The molecule has 0 aromatic heterocycles. The number of nitrogens with zero attached hydrogens (tertiary/aromatic N) is 1. The van der Waals surface area contributed by atoms with Crippen LogP contribution in [-0.2, 0) is 22.4 Å². The number of nitrogens with one attached hydrogen (secondary N) is 2. The maximum atomic E-state index is 12.9. The predicted molar refractivity (Wildman–Crippen MR) is 119 cm³/mol. The van der Waals surface area contributed by atoms with E-state index >= 15 is 0 Å². The van der Waals surface area contributed by atoms with Gasteiger partial charge in [0.25, 0.3) is 0 Å². The van der Waals surface area contributed by atoms with Gasteiger partial charge in [0.1, 0.15) is 0 Å². The first-order valence-electron chi connectivity index (χ1n) is 11.1. The van der Waals surface area contributed by atoms with E-state index in [9.17, 15) is 9.59 Å². The highest BCUT2D eigenvalue weighted by molar-refractivity contribution is 7.80. The molecule has 2 amide bonds. The molecule has 1 aromatic rings. The van der Waals surface area contributed by atoms with Gasteiger partial charge in [-0.15, -0.1) is 0 Å². The van der Waals surface area contributed by atoms with Gasteiger partial charge in [-0.2, -0.15) is 0 Å². The van der Waals surface area contributed by atoms with Crippen LogP contribution in [-0.4, -0.2) is 34.4 Å². The quantitative estimate of drug-likeness (QED) is 0.550. The molecule has 6 heteroatoms. The molecule has 2 aliphatic carbocycles. The summed E-state index contributed by atoms with van der Waals surface area (Å²) < 4.78 is 0. The lowest BCUT2D eigenvalue weighted by Gasteiger charge is -2.43. The summed E-state index contributed by atoms with van der Waals surface area (Å²) >= 11 is 5.47. The zero-order chi connectivity index (χ0) is 20.4. The van der Waals surface area contributed by atoms with Crippen LogP contribution in [0.25, 0.3) is 0 Å². The monoisotopic (exact) mass is 413 g/mol. The first-order valence-corrected chi connectivity index (χ1v) is 11.5. The average Bonchev–Trinajstić information content (AvgIpc) is 3.18. The lowest BCUT2D eigenvalue weighted by atomic mass is 9.76. The molecule has 2 fully saturated rings. The number of rotatable bonds is 6. The van der Waals surface area contributed by atoms with Crippen molar-refractivity contribution in [2.75, 3.05) is 11.9 Å². The summed E-state index contributed by atoms with van der Waals surface area (Å²) in [5.74, 6) is 0.0610. The van der Waals surface area contributed by atoms with Gasteiger partial charge in [-0.05, 0) is 80.4 Å². The number of thiocarbonyl (C=S) groups is 1. The number of benzene rings is 1. The van der Waals surface area contributed by atoms with Crippen LogP contribution in [0.15, 0.2) is 18.2 Å². The molecule has 0 spiro atoms. The van der Waals surface area contributed by atoms with E-state index in [1.54, 1.807) is 4.90 Å². The molecule has 1 heterocycles. The van der Waals surface area contributed by atoms with Gasteiger partial charge in [-0.25, -0.2) is 0 Å². The van der Waals surface area contributed by atoms with Crippen LogP contribution in [0.4, 0.5) is 5.69 Å². The molecule has 1 aliphatic heterocycles.